The fraction of sp³-hybridized carbons (Fsp3) is 0.167. The summed E-state index contributed by atoms with van der Waals surface area (Å²) in [6.07, 6.45) is 0. The fourth-order valence-electron chi connectivity index (χ4n) is 1.64. The van der Waals surface area contributed by atoms with Crippen molar-refractivity contribution in [2.24, 2.45) is 5.73 Å². The highest BCUT2D eigenvalue weighted by molar-refractivity contribution is 7.91. The zero-order valence-electron chi connectivity index (χ0n) is 9.11. The van der Waals surface area contributed by atoms with Crippen molar-refractivity contribution < 1.29 is 8.42 Å². The molecule has 1 aromatic heterocycles. The van der Waals surface area contributed by atoms with Crippen molar-refractivity contribution in [3.63, 3.8) is 0 Å². The molecule has 0 aliphatic heterocycles. The smallest absolute Gasteiger partial charge is 0.187 e. The van der Waals surface area contributed by atoms with E-state index >= 15 is 0 Å². The third-order valence-corrected chi connectivity index (χ3v) is 5.78. The molecule has 1 aromatic carbocycles. The van der Waals surface area contributed by atoms with Crippen LogP contribution in [0, 0.1) is 0 Å². The van der Waals surface area contributed by atoms with Gasteiger partial charge >= 0.3 is 0 Å². The molecule has 0 aliphatic rings. The minimum atomic E-state index is -3.39. The first-order chi connectivity index (χ1) is 8.16. The van der Waals surface area contributed by atoms with E-state index in [2.05, 4.69) is 0 Å². The minimum absolute atomic E-state index is 0.0950. The van der Waals surface area contributed by atoms with Crippen molar-refractivity contribution in [2.45, 2.75) is 10.1 Å². The van der Waals surface area contributed by atoms with Crippen molar-refractivity contribution in [3.05, 3.63) is 52.7 Å². The Labute approximate surface area is 105 Å². The Morgan fingerprint density at radius 2 is 1.82 bits per heavy atom. The van der Waals surface area contributed by atoms with E-state index in [9.17, 15) is 8.42 Å². The van der Waals surface area contributed by atoms with Crippen molar-refractivity contribution in [2.75, 3.05) is 6.54 Å². The Kier molecular flexibility index (Phi) is 3.61. The highest BCUT2D eigenvalue weighted by atomic mass is 32.2. The first-order valence-corrected chi connectivity index (χ1v) is 7.61. The first kappa shape index (κ1) is 12.3. The standard InChI is InChI=1S/C12H13NO2S2/c13-9-12(11-7-4-8-16-11)17(14,15)10-5-2-1-3-6-10/h1-8,12H,9,13H2/t12-/m1/s1. The summed E-state index contributed by atoms with van der Waals surface area (Å²) in [6, 6.07) is 12.1. The Bertz CT molecular complexity index is 562. The quantitative estimate of drug-likeness (QED) is 0.924. The number of benzene rings is 1. The molecule has 2 aromatic rings. The molecule has 0 saturated heterocycles. The van der Waals surface area contributed by atoms with Gasteiger partial charge in [0.15, 0.2) is 9.84 Å². The maximum Gasteiger partial charge on any atom is 0.187 e. The Morgan fingerprint density at radius 3 is 2.35 bits per heavy atom. The second-order valence-corrected chi connectivity index (χ2v) is 6.71. The first-order valence-electron chi connectivity index (χ1n) is 5.18. The van der Waals surface area contributed by atoms with E-state index in [1.54, 1.807) is 30.3 Å². The highest BCUT2D eigenvalue weighted by Crippen LogP contribution is 2.30. The highest BCUT2D eigenvalue weighted by Gasteiger charge is 2.28. The van der Waals surface area contributed by atoms with Crippen LogP contribution in [-0.4, -0.2) is 15.0 Å². The molecule has 3 nitrogen and oxygen atoms in total. The van der Waals surface area contributed by atoms with Gasteiger partial charge in [0.1, 0.15) is 5.25 Å². The van der Waals surface area contributed by atoms with Crippen LogP contribution >= 0.6 is 11.3 Å². The topological polar surface area (TPSA) is 60.2 Å². The van der Waals surface area contributed by atoms with Gasteiger partial charge in [-0.2, -0.15) is 0 Å². The lowest BCUT2D eigenvalue weighted by molar-refractivity contribution is 0.583. The van der Waals surface area contributed by atoms with Gasteiger partial charge in [-0.15, -0.1) is 11.3 Å². The molecular formula is C12H13NO2S2. The van der Waals surface area contributed by atoms with E-state index in [-0.39, 0.29) is 6.54 Å². The van der Waals surface area contributed by atoms with E-state index in [1.807, 2.05) is 17.5 Å². The van der Waals surface area contributed by atoms with Gasteiger partial charge in [-0.05, 0) is 23.6 Å². The van der Waals surface area contributed by atoms with E-state index in [4.69, 9.17) is 5.73 Å². The molecule has 5 heteroatoms. The van der Waals surface area contributed by atoms with E-state index in [0.717, 1.165) is 4.88 Å². The number of sulfone groups is 1. The lowest BCUT2D eigenvalue weighted by Crippen LogP contribution is -2.21. The van der Waals surface area contributed by atoms with Crippen molar-refractivity contribution in [1.29, 1.82) is 0 Å². The average molecular weight is 267 g/mol. The summed E-state index contributed by atoms with van der Waals surface area (Å²) in [5.41, 5.74) is 5.61. The van der Waals surface area contributed by atoms with Gasteiger partial charge in [-0.1, -0.05) is 24.3 Å². The van der Waals surface area contributed by atoms with Crippen molar-refractivity contribution in [3.8, 4) is 0 Å². The molecule has 0 fully saturated rings. The van der Waals surface area contributed by atoms with Crippen LogP contribution in [0.1, 0.15) is 10.1 Å². The maximum absolute atomic E-state index is 12.4. The lowest BCUT2D eigenvalue weighted by Gasteiger charge is -2.14. The van der Waals surface area contributed by atoms with Crippen LogP contribution in [-0.2, 0) is 9.84 Å². The molecule has 0 radical (unpaired) electrons. The summed E-state index contributed by atoms with van der Waals surface area (Å²) >= 11 is 1.42. The number of nitrogens with two attached hydrogens (primary N) is 1. The third-order valence-electron chi connectivity index (χ3n) is 2.52. The molecule has 0 aliphatic carbocycles. The zero-order chi connectivity index (χ0) is 12.3. The van der Waals surface area contributed by atoms with Crippen LogP contribution in [0.15, 0.2) is 52.7 Å². The SMILES string of the molecule is NC[C@H](c1cccs1)S(=O)(=O)c1ccccc1. The second kappa shape index (κ2) is 5.00. The molecule has 0 spiro atoms. The summed E-state index contributed by atoms with van der Waals surface area (Å²) in [4.78, 5) is 1.11. The molecule has 2 rings (SSSR count). The second-order valence-electron chi connectivity index (χ2n) is 3.60. The molecule has 90 valence electrons. The lowest BCUT2D eigenvalue weighted by atomic mass is 10.3. The molecule has 17 heavy (non-hydrogen) atoms. The predicted molar refractivity (Wildman–Crippen MR) is 69.7 cm³/mol. The van der Waals surface area contributed by atoms with Crippen LogP contribution in [0.4, 0.5) is 0 Å². The summed E-state index contributed by atoms with van der Waals surface area (Å²) in [6.45, 7) is 0.0950. The molecular weight excluding hydrogens is 254 g/mol. The van der Waals surface area contributed by atoms with Gasteiger partial charge in [0.2, 0.25) is 0 Å². The van der Waals surface area contributed by atoms with Gasteiger partial charge in [0, 0.05) is 11.4 Å². The van der Waals surface area contributed by atoms with Crippen LogP contribution in [0.5, 0.6) is 0 Å². The predicted octanol–water partition coefficient (Wildman–Crippen LogP) is 2.22. The third kappa shape index (κ3) is 2.41. The largest absolute Gasteiger partial charge is 0.329 e. The Balaban J connectivity index is 2.45. The van der Waals surface area contributed by atoms with E-state index in [0.29, 0.717) is 4.90 Å². The van der Waals surface area contributed by atoms with Crippen molar-refractivity contribution in [1.82, 2.24) is 0 Å². The summed E-state index contributed by atoms with van der Waals surface area (Å²) in [5.74, 6) is 0. The normalized spacial score (nSPS) is 13.5. The molecule has 0 unspecified atom stereocenters. The number of hydrogen-bond acceptors (Lipinski definition) is 4. The average Bonchev–Trinajstić information content (AvgIpc) is 2.84. The molecule has 0 saturated carbocycles. The van der Waals surface area contributed by atoms with Crippen LogP contribution < -0.4 is 5.73 Å². The Hall–Kier alpha value is -1.17. The van der Waals surface area contributed by atoms with Crippen LogP contribution in [0.3, 0.4) is 0 Å². The number of thiophene rings is 1. The minimum Gasteiger partial charge on any atom is -0.329 e. The molecule has 1 atom stereocenters. The number of rotatable bonds is 4. The molecule has 2 N–H and O–H groups in total. The van der Waals surface area contributed by atoms with Crippen LogP contribution in [0.25, 0.3) is 0 Å². The summed E-state index contributed by atoms with van der Waals surface area (Å²) < 4.78 is 24.8. The molecule has 0 bridgehead atoms. The zero-order valence-corrected chi connectivity index (χ0v) is 10.7. The number of hydrogen-bond donors (Lipinski definition) is 1. The van der Waals surface area contributed by atoms with Gasteiger partial charge in [0.05, 0.1) is 4.90 Å². The monoisotopic (exact) mass is 267 g/mol. The summed E-state index contributed by atoms with van der Waals surface area (Å²) in [7, 11) is -3.39. The Morgan fingerprint density at radius 1 is 1.12 bits per heavy atom. The van der Waals surface area contributed by atoms with Crippen LogP contribution in [0.2, 0.25) is 0 Å². The summed E-state index contributed by atoms with van der Waals surface area (Å²) in [5, 5.41) is 1.21. The van der Waals surface area contributed by atoms with E-state index in [1.165, 1.54) is 11.3 Å². The van der Waals surface area contributed by atoms with Gasteiger partial charge in [-0.3, -0.25) is 0 Å². The maximum atomic E-state index is 12.4. The molecule has 0 amide bonds. The van der Waals surface area contributed by atoms with E-state index < -0.39 is 15.1 Å². The van der Waals surface area contributed by atoms with Gasteiger partial charge < -0.3 is 5.73 Å². The van der Waals surface area contributed by atoms with Gasteiger partial charge in [0.25, 0.3) is 0 Å². The van der Waals surface area contributed by atoms with Crippen molar-refractivity contribution >= 4 is 21.2 Å². The fourth-order valence-corrected chi connectivity index (χ4v) is 4.41. The molecule has 1 heterocycles. The van der Waals surface area contributed by atoms with Gasteiger partial charge in [-0.25, -0.2) is 8.42 Å².